The predicted octanol–water partition coefficient (Wildman–Crippen LogP) is -0.404. The Balaban J connectivity index is 2.60. The fourth-order valence-corrected chi connectivity index (χ4v) is 1.76. The Hall–Kier alpha value is -2.45. The molecule has 1 rings (SSSR count). The normalized spacial score (nSPS) is 11.9. The van der Waals surface area contributed by atoms with Gasteiger partial charge in [-0.15, -0.1) is 0 Å². The average Bonchev–Trinajstić information content (AvgIpc) is 2.91. The van der Waals surface area contributed by atoms with E-state index in [-0.39, 0.29) is 36.0 Å². The van der Waals surface area contributed by atoms with Crippen molar-refractivity contribution in [2.24, 2.45) is 5.92 Å². The van der Waals surface area contributed by atoms with Crippen LogP contribution >= 0.6 is 0 Å². The second-order valence-electron chi connectivity index (χ2n) is 5.19. The second-order valence-corrected chi connectivity index (χ2v) is 5.19. The average molecular weight is 311 g/mol. The molecule has 0 fully saturated rings. The lowest BCUT2D eigenvalue weighted by molar-refractivity contribution is -0.128. The Labute approximate surface area is 128 Å². The molecule has 0 aliphatic rings. The van der Waals surface area contributed by atoms with E-state index in [9.17, 15) is 14.4 Å². The van der Waals surface area contributed by atoms with Crippen LogP contribution in [0.4, 0.5) is 0 Å². The Morgan fingerprint density at radius 1 is 1.27 bits per heavy atom. The van der Waals surface area contributed by atoms with Crippen LogP contribution in [0.15, 0.2) is 4.52 Å². The first-order valence-corrected chi connectivity index (χ1v) is 6.93. The van der Waals surface area contributed by atoms with Gasteiger partial charge in [-0.25, -0.2) is 0 Å². The van der Waals surface area contributed by atoms with Crippen molar-refractivity contribution >= 4 is 17.7 Å². The molecule has 0 aliphatic heterocycles. The predicted molar refractivity (Wildman–Crippen MR) is 76.6 cm³/mol. The van der Waals surface area contributed by atoms with Gasteiger partial charge in [-0.05, 0) is 12.3 Å². The summed E-state index contributed by atoms with van der Waals surface area (Å²) < 4.78 is 4.86. The lowest BCUT2D eigenvalue weighted by Crippen LogP contribution is -2.46. The molecule has 0 saturated carbocycles. The monoisotopic (exact) mass is 311 g/mol. The van der Waals surface area contributed by atoms with Gasteiger partial charge >= 0.3 is 0 Å². The number of amides is 3. The van der Waals surface area contributed by atoms with E-state index in [0.717, 1.165) is 0 Å². The third kappa shape index (κ3) is 5.51. The Bertz CT molecular complexity index is 540. The number of hydrogen-bond acceptors (Lipinski definition) is 6. The van der Waals surface area contributed by atoms with E-state index in [2.05, 4.69) is 26.1 Å². The number of aromatic nitrogens is 2. The van der Waals surface area contributed by atoms with Gasteiger partial charge in [-0.2, -0.15) is 4.98 Å². The van der Waals surface area contributed by atoms with Gasteiger partial charge in [0.05, 0.1) is 6.54 Å². The molecule has 3 amide bonds. The summed E-state index contributed by atoms with van der Waals surface area (Å²) in [5.74, 6) is -0.849. The number of hydrogen-bond donors (Lipinski definition) is 3. The largest absolute Gasteiger partial charge is 0.352 e. The summed E-state index contributed by atoms with van der Waals surface area (Å²) in [5.41, 5.74) is 0. The zero-order valence-corrected chi connectivity index (χ0v) is 13.1. The van der Waals surface area contributed by atoms with Gasteiger partial charge in [-0.3, -0.25) is 14.4 Å². The summed E-state index contributed by atoms with van der Waals surface area (Å²) in [5, 5.41) is 11.0. The van der Waals surface area contributed by atoms with Crippen LogP contribution in [0.25, 0.3) is 0 Å². The lowest BCUT2D eigenvalue weighted by atomic mass is 10.0. The van der Waals surface area contributed by atoms with Gasteiger partial charge in [0.1, 0.15) is 6.04 Å². The minimum absolute atomic E-state index is 0.0169. The highest BCUT2D eigenvalue weighted by molar-refractivity contribution is 5.90. The van der Waals surface area contributed by atoms with Crippen molar-refractivity contribution in [2.45, 2.75) is 39.8 Å². The number of nitrogens with one attached hydrogen (secondary N) is 3. The van der Waals surface area contributed by atoms with Gasteiger partial charge in [0.15, 0.2) is 0 Å². The fourth-order valence-electron chi connectivity index (χ4n) is 1.76. The van der Waals surface area contributed by atoms with E-state index in [1.54, 1.807) is 0 Å². The Morgan fingerprint density at radius 2 is 1.95 bits per heavy atom. The van der Waals surface area contributed by atoms with Gasteiger partial charge in [-0.1, -0.05) is 19.0 Å². The highest BCUT2D eigenvalue weighted by Gasteiger charge is 2.21. The molecule has 3 N–H and O–H groups in total. The number of nitrogens with zero attached hydrogens (tertiary/aromatic N) is 2. The SMILES string of the molecule is CNC(=O)c1noc(CNC(=O)[C@@H](CC(C)C)NC(C)=O)n1. The molecule has 122 valence electrons. The second kappa shape index (κ2) is 8.11. The molecule has 0 aromatic carbocycles. The number of carbonyl (C=O) groups is 3. The highest BCUT2D eigenvalue weighted by Crippen LogP contribution is 2.05. The van der Waals surface area contributed by atoms with E-state index < -0.39 is 11.9 Å². The molecule has 1 atom stereocenters. The Kier molecular flexibility index (Phi) is 6.48. The van der Waals surface area contributed by atoms with E-state index in [0.29, 0.717) is 6.42 Å². The van der Waals surface area contributed by atoms with E-state index in [1.807, 2.05) is 13.8 Å². The molecule has 0 saturated heterocycles. The van der Waals surface area contributed by atoms with Crippen molar-refractivity contribution in [2.75, 3.05) is 7.05 Å². The third-order valence-electron chi connectivity index (χ3n) is 2.71. The molecule has 0 bridgehead atoms. The smallest absolute Gasteiger partial charge is 0.292 e. The summed E-state index contributed by atoms with van der Waals surface area (Å²) in [6, 6.07) is -0.626. The maximum atomic E-state index is 12.1. The van der Waals surface area contributed by atoms with Gasteiger partial charge < -0.3 is 20.5 Å². The maximum Gasteiger partial charge on any atom is 0.292 e. The van der Waals surface area contributed by atoms with Crippen LogP contribution in [-0.4, -0.2) is 41.0 Å². The number of carbonyl (C=O) groups excluding carboxylic acids is 3. The molecule has 0 spiro atoms. The molecule has 0 unspecified atom stereocenters. The first-order valence-electron chi connectivity index (χ1n) is 6.93. The van der Waals surface area contributed by atoms with E-state index in [4.69, 9.17) is 4.52 Å². The van der Waals surface area contributed by atoms with Crippen LogP contribution in [0.1, 0.15) is 43.7 Å². The quantitative estimate of drug-likeness (QED) is 0.629. The summed E-state index contributed by atoms with van der Waals surface area (Å²) >= 11 is 0. The zero-order chi connectivity index (χ0) is 16.7. The van der Waals surface area contributed by atoms with Crippen molar-refractivity contribution < 1.29 is 18.9 Å². The molecule has 0 radical (unpaired) electrons. The van der Waals surface area contributed by atoms with Crippen LogP contribution in [0.3, 0.4) is 0 Å². The van der Waals surface area contributed by atoms with Crippen molar-refractivity contribution in [3.63, 3.8) is 0 Å². The van der Waals surface area contributed by atoms with Crippen molar-refractivity contribution in [3.05, 3.63) is 11.7 Å². The molecule has 9 nitrogen and oxygen atoms in total. The zero-order valence-electron chi connectivity index (χ0n) is 13.1. The van der Waals surface area contributed by atoms with Gasteiger partial charge in [0.2, 0.25) is 17.7 Å². The van der Waals surface area contributed by atoms with Crippen LogP contribution in [0.2, 0.25) is 0 Å². The maximum absolute atomic E-state index is 12.1. The third-order valence-corrected chi connectivity index (χ3v) is 2.71. The topological polar surface area (TPSA) is 126 Å². The first-order chi connectivity index (χ1) is 10.3. The van der Waals surface area contributed by atoms with Crippen LogP contribution in [0, 0.1) is 5.92 Å². The summed E-state index contributed by atoms with van der Waals surface area (Å²) in [6.07, 6.45) is 0.513. The standard InChI is InChI=1S/C13H21N5O4/c1-7(2)5-9(16-8(3)19)12(20)15-6-10-17-11(18-22-10)13(21)14-4/h7,9H,5-6H2,1-4H3,(H,14,21)(H,15,20)(H,16,19)/t9-/m1/s1. The molecule has 1 heterocycles. The van der Waals surface area contributed by atoms with Gasteiger partial charge in [0, 0.05) is 14.0 Å². The molecule has 1 aromatic rings. The summed E-state index contributed by atoms with van der Waals surface area (Å²) in [6.45, 7) is 5.25. The van der Waals surface area contributed by atoms with Crippen molar-refractivity contribution in [1.29, 1.82) is 0 Å². The highest BCUT2D eigenvalue weighted by atomic mass is 16.5. The number of rotatable bonds is 7. The molecule has 0 aliphatic carbocycles. The van der Waals surface area contributed by atoms with Crippen molar-refractivity contribution in [3.8, 4) is 0 Å². The lowest BCUT2D eigenvalue weighted by Gasteiger charge is -2.18. The minimum atomic E-state index is -0.626. The molecule has 22 heavy (non-hydrogen) atoms. The molecule has 9 heteroatoms. The molecular weight excluding hydrogens is 290 g/mol. The minimum Gasteiger partial charge on any atom is -0.352 e. The van der Waals surface area contributed by atoms with Crippen LogP contribution in [0.5, 0.6) is 0 Å². The van der Waals surface area contributed by atoms with Gasteiger partial charge in [0.25, 0.3) is 11.7 Å². The Morgan fingerprint density at radius 3 is 2.50 bits per heavy atom. The summed E-state index contributed by atoms with van der Waals surface area (Å²) in [4.78, 5) is 38.4. The summed E-state index contributed by atoms with van der Waals surface area (Å²) in [7, 11) is 1.45. The fraction of sp³-hybridized carbons (Fsp3) is 0.615. The van der Waals surface area contributed by atoms with E-state index in [1.165, 1.54) is 14.0 Å². The van der Waals surface area contributed by atoms with Crippen LogP contribution < -0.4 is 16.0 Å². The van der Waals surface area contributed by atoms with E-state index >= 15 is 0 Å². The van der Waals surface area contributed by atoms with Crippen LogP contribution in [-0.2, 0) is 16.1 Å². The molecule has 1 aromatic heterocycles. The van der Waals surface area contributed by atoms with Crippen molar-refractivity contribution in [1.82, 2.24) is 26.1 Å². The first kappa shape index (κ1) is 17.6. The molecular formula is C13H21N5O4.